The smallest absolute Gasteiger partial charge is 0.353 e. The predicted molar refractivity (Wildman–Crippen MR) is 64.4 cm³/mol. The molecule has 1 aromatic rings. The number of nitrogens with zero attached hydrogens (tertiary/aromatic N) is 3. The van der Waals surface area contributed by atoms with Crippen LogP contribution >= 0.6 is 0 Å². The summed E-state index contributed by atoms with van der Waals surface area (Å²) in [5, 5.41) is 34.2. The average Bonchev–Trinajstić information content (AvgIpc) is 2.36. The van der Waals surface area contributed by atoms with Gasteiger partial charge in [-0.25, -0.2) is 9.97 Å². The lowest BCUT2D eigenvalue weighted by atomic mass is 10.3. The van der Waals surface area contributed by atoms with Crippen molar-refractivity contribution in [2.75, 3.05) is 30.3 Å². The van der Waals surface area contributed by atoms with Crippen molar-refractivity contribution >= 4 is 17.3 Å². The van der Waals surface area contributed by atoms with Crippen LogP contribution in [0.4, 0.5) is 17.3 Å². The monoisotopic (exact) mass is 257 g/mol. The molecule has 0 spiro atoms. The molecule has 1 atom stereocenters. The molecular formula is C9H15N5O4. The average molecular weight is 257 g/mol. The highest BCUT2D eigenvalue weighted by molar-refractivity contribution is 5.69. The second-order valence-corrected chi connectivity index (χ2v) is 3.42. The fourth-order valence-electron chi connectivity index (χ4n) is 1.26. The van der Waals surface area contributed by atoms with E-state index in [2.05, 4.69) is 20.6 Å². The van der Waals surface area contributed by atoms with E-state index in [0.29, 0.717) is 6.54 Å². The molecule has 100 valence electrons. The minimum absolute atomic E-state index is 0.00144. The molecule has 0 aliphatic rings. The van der Waals surface area contributed by atoms with Gasteiger partial charge in [0.15, 0.2) is 0 Å². The van der Waals surface area contributed by atoms with Crippen molar-refractivity contribution < 1.29 is 15.1 Å². The van der Waals surface area contributed by atoms with E-state index in [1.54, 1.807) is 6.92 Å². The lowest BCUT2D eigenvalue weighted by Gasteiger charge is -2.11. The third-order valence-electron chi connectivity index (χ3n) is 2.06. The molecule has 0 bridgehead atoms. The van der Waals surface area contributed by atoms with E-state index >= 15 is 0 Å². The molecule has 0 aliphatic heterocycles. The number of aromatic nitrogens is 2. The summed E-state index contributed by atoms with van der Waals surface area (Å²) in [6, 6.07) is 0. The predicted octanol–water partition coefficient (Wildman–Crippen LogP) is -0.418. The van der Waals surface area contributed by atoms with Gasteiger partial charge in [-0.1, -0.05) is 0 Å². The lowest BCUT2D eigenvalue weighted by Crippen LogP contribution is -2.24. The number of rotatable bonds is 7. The van der Waals surface area contributed by atoms with Crippen LogP contribution in [0.15, 0.2) is 6.33 Å². The van der Waals surface area contributed by atoms with E-state index < -0.39 is 17.6 Å². The summed E-state index contributed by atoms with van der Waals surface area (Å²) in [7, 11) is 0. The maximum absolute atomic E-state index is 11.0. The lowest BCUT2D eigenvalue weighted by molar-refractivity contribution is -0.383. The van der Waals surface area contributed by atoms with Crippen molar-refractivity contribution in [3.05, 3.63) is 16.4 Å². The Hall–Kier alpha value is -2.00. The maximum atomic E-state index is 11.0. The van der Waals surface area contributed by atoms with Gasteiger partial charge in [0.1, 0.15) is 6.33 Å². The first-order valence-electron chi connectivity index (χ1n) is 5.36. The van der Waals surface area contributed by atoms with E-state index in [9.17, 15) is 15.2 Å². The van der Waals surface area contributed by atoms with Gasteiger partial charge in [0, 0.05) is 13.1 Å². The van der Waals surface area contributed by atoms with Gasteiger partial charge in [0.25, 0.3) is 0 Å². The molecule has 4 N–H and O–H groups in total. The molecule has 0 saturated heterocycles. The van der Waals surface area contributed by atoms with E-state index in [-0.39, 0.29) is 23.9 Å². The standard InChI is InChI=1S/C9H15N5O4/c1-2-10-8-7(14(17)18)9(13-5-12-8)11-3-6(16)4-15/h5-6,15-16H,2-4H2,1H3,(H2,10,11,12,13). The number of aliphatic hydroxyl groups is 2. The van der Waals surface area contributed by atoms with Gasteiger partial charge in [-0.3, -0.25) is 10.1 Å². The van der Waals surface area contributed by atoms with E-state index in [0.717, 1.165) is 0 Å². The van der Waals surface area contributed by atoms with Crippen LogP contribution < -0.4 is 10.6 Å². The first-order chi connectivity index (χ1) is 8.60. The fourth-order valence-corrected chi connectivity index (χ4v) is 1.26. The number of nitrogens with one attached hydrogen (secondary N) is 2. The van der Waals surface area contributed by atoms with Crippen molar-refractivity contribution in [2.45, 2.75) is 13.0 Å². The first kappa shape index (κ1) is 14.1. The normalized spacial score (nSPS) is 11.9. The molecule has 1 heterocycles. The summed E-state index contributed by atoms with van der Waals surface area (Å²) in [4.78, 5) is 17.9. The summed E-state index contributed by atoms with van der Waals surface area (Å²) in [5.74, 6) is 0.108. The maximum Gasteiger partial charge on any atom is 0.353 e. The fraction of sp³-hybridized carbons (Fsp3) is 0.556. The molecule has 9 heteroatoms. The number of anilines is 2. The summed E-state index contributed by atoms with van der Waals surface area (Å²) in [5.41, 5.74) is -0.288. The zero-order valence-electron chi connectivity index (χ0n) is 9.83. The van der Waals surface area contributed by atoms with Gasteiger partial charge in [-0.15, -0.1) is 0 Å². The molecule has 1 unspecified atom stereocenters. The highest BCUT2D eigenvalue weighted by atomic mass is 16.6. The highest BCUT2D eigenvalue weighted by Gasteiger charge is 2.22. The number of hydrogen-bond acceptors (Lipinski definition) is 8. The third kappa shape index (κ3) is 3.50. The van der Waals surface area contributed by atoms with Gasteiger partial charge in [-0.2, -0.15) is 0 Å². The van der Waals surface area contributed by atoms with Gasteiger partial charge in [0.2, 0.25) is 11.6 Å². The Morgan fingerprint density at radius 1 is 1.44 bits per heavy atom. The summed E-state index contributed by atoms with van der Waals surface area (Å²) >= 11 is 0. The zero-order valence-corrected chi connectivity index (χ0v) is 9.83. The van der Waals surface area contributed by atoms with Gasteiger partial charge in [0.05, 0.1) is 17.6 Å². The van der Waals surface area contributed by atoms with Crippen molar-refractivity contribution in [1.29, 1.82) is 0 Å². The molecule has 0 amide bonds. The Balaban J connectivity index is 2.95. The summed E-state index contributed by atoms with van der Waals surface area (Å²) in [6.07, 6.45) is 0.167. The van der Waals surface area contributed by atoms with Gasteiger partial charge >= 0.3 is 5.69 Å². The summed E-state index contributed by atoms with van der Waals surface area (Å²) in [6.45, 7) is 1.79. The van der Waals surface area contributed by atoms with Crippen LogP contribution in [0.25, 0.3) is 0 Å². The number of hydrogen-bond donors (Lipinski definition) is 4. The molecule has 0 fully saturated rings. The van der Waals surface area contributed by atoms with Crippen molar-refractivity contribution in [2.24, 2.45) is 0 Å². The Kier molecular flexibility index (Phi) is 5.21. The van der Waals surface area contributed by atoms with E-state index in [1.165, 1.54) is 6.33 Å². The molecule has 0 aliphatic carbocycles. The minimum atomic E-state index is -1.01. The van der Waals surface area contributed by atoms with Gasteiger partial charge in [-0.05, 0) is 6.92 Å². The zero-order chi connectivity index (χ0) is 13.5. The second-order valence-electron chi connectivity index (χ2n) is 3.42. The van der Waals surface area contributed by atoms with Crippen molar-refractivity contribution in [1.82, 2.24) is 9.97 Å². The SMILES string of the molecule is CCNc1ncnc(NCC(O)CO)c1[N+](=O)[O-]. The Morgan fingerprint density at radius 2 is 2.06 bits per heavy atom. The first-order valence-corrected chi connectivity index (χ1v) is 5.36. The third-order valence-corrected chi connectivity index (χ3v) is 2.06. The molecule has 1 aromatic heterocycles. The quantitative estimate of drug-likeness (QED) is 0.382. The van der Waals surface area contributed by atoms with Crippen molar-refractivity contribution in [3.8, 4) is 0 Å². The van der Waals surface area contributed by atoms with Crippen LogP contribution in [0.2, 0.25) is 0 Å². The minimum Gasteiger partial charge on any atom is -0.394 e. The van der Waals surface area contributed by atoms with Gasteiger partial charge < -0.3 is 20.8 Å². The van der Waals surface area contributed by atoms with E-state index in [1.807, 2.05) is 0 Å². The van der Waals surface area contributed by atoms with Crippen molar-refractivity contribution in [3.63, 3.8) is 0 Å². The molecular weight excluding hydrogens is 242 g/mol. The molecule has 9 nitrogen and oxygen atoms in total. The van der Waals surface area contributed by atoms with E-state index in [4.69, 9.17) is 5.11 Å². The van der Waals surface area contributed by atoms with Crippen LogP contribution in [0, 0.1) is 10.1 Å². The van der Waals surface area contributed by atoms with Crippen LogP contribution in [0.3, 0.4) is 0 Å². The Morgan fingerprint density at radius 3 is 2.56 bits per heavy atom. The molecule has 0 aromatic carbocycles. The Bertz CT molecular complexity index is 414. The largest absolute Gasteiger partial charge is 0.394 e. The highest BCUT2D eigenvalue weighted by Crippen LogP contribution is 2.28. The number of aliphatic hydroxyl groups excluding tert-OH is 2. The molecule has 1 rings (SSSR count). The Labute approximate surface area is 103 Å². The van der Waals surface area contributed by atoms with Crippen LogP contribution in [-0.2, 0) is 0 Å². The summed E-state index contributed by atoms with van der Waals surface area (Å²) < 4.78 is 0. The second kappa shape index (κ2) is 6.67. The van der Waals surface area contributed by atoms with Crippen LogP contribution in [0.1, 0.15) is 6.92 Å². The molecule has 0 saturated carbocycles. The topological polar surface area (TPSA) is 133 Å². The van der Waals surface area contributed by atoms with Crippen LogP contribution in [-0.4, -0.2) is 50.9 Å². The molecule has 0 radical (unpaired) electrons. The molecule has 18 heavy (non-hydrogen) atoms. The van der Waals surface area contributed by atoms with Crippen LogP contribution in [0.5, 0.6) is 0 Å². The number of nitro groups is 1.